The van der Waals surface area contributed by atoms with Crippen molar-refractivity contribution in [1.29, 1.82) is 0 Å². The van der Waals surface area contributed by atoms with E-state index in [1.54, 1.807) is 30.3 Å². The highest BCUT2D eigenvalue weighted by Crippen LogP contribution is 2.29. The standard InChI is InChI=1S/C13H9Cl2N3O2/c14-11-2-1-3-12(13(11)15)17-16-8-9-4-6-10(7-5-9)18(19)20/h1-8,17H. The molecule has 0 spiro atoms. The first-order chi connectivity index (χ1) is 9.58. The van der Waals surface area contributed by atoms with E-state index < -0.39 is 4.92 Å². The molecule has 0 saturated heterocycles. The molecule has 2 rings (SSSR count). The number of halogens is 2. The lowest BCUT2D eigenvalue weighted by molar-refractivity contribution is -0.384. The quantitative estimate of drug-likeness (QED) is 0.518. The van der Waals surface area contributed by atoms with Crippen molar-refractivity contribution in [3.8, 4) is 0 Å². The molecule has 2 aromatic carbocycles. The van der Waals surface area contributed by atoms with E-state index in [2.05, 4.69) is 10.5 Å². The van der Waals surface area contributed by atoms with Gasteiger partial charge in [0.25, 0.3) is 5.69 Å². The molecule has 0 fully saturated rings. The first kappa shape index (κ1) is 14.3. The summed E-state index contributed by atoms with van der Waals surface area (Å²) in [5.74, 6) is 0. The molecule has 0 heterocycles. The first-order valence-corrected chi connectivity index (χ1v) is 6.31. The summed E-state index contributed by atoms with van der Waals surface area (Å²) < 4.78 is 0. The maximum absolute atomic E-state index is 10.5. The molecular formula is C13H9Cl2N3O2. The number of non-ortho nitro benzene ring substituents is 1. The van der Waals surface area contributed by atoms with Crippen LogP contribution in [0.3, 0.4) is 0 Å². The summed E-state index contributed by atoms with van der Waals surface area (Å²) in [7, 11) is 0. The number of hydrogen-bond donors (Lipinski definition) is 1. The molecule has 2 aromatic rings. The van der Waals surface area contributed by atoms with Crippen LogP contribution >= 0.6 is 23.2 Å². The van der Waals surface area contributed by atoms with Crippen molar-refractivity contribution in [3.05, 3.63) is 68.2 Å². The van der Waals surface area contributed by atoms with Crippen LogP contribution in [0.1, 0.15) is 5.56 Å². The van der Waals surface area contributed by atoms with Crippen LogP contribution < -0.4 is 5.43 Å². The van der Waals surface area contributed by atoms with Gasteiger partial charge in [0.2, 0.25) is 0 Å². The van der Waals surface area contributed by atoms with Gasteiger partial charge in [0.15, 0.2) is 0 Å². The molecule has 5 nitrogen and oxygen atoms in total. The van der Waals surface area contributed by atoms with Crippen LogP contribution in [-0.4, -0.2) is 11.1 Å². The highest BCUT2D eigenvalue weighted by Gasteiger charge is 2.03. The molecule has 0 radical (unpaired) electrons. The molecule has 0 saturated carbocycles. The van der Waals surface area contributed by atoms with Gasteiger partial charge in [-0.25, -0.2) is 0 Å². The second-order valence-electron chi connectivity index (χ2n) is 3.82. The van der Waals surface area contributed by atoms with Crippen molar-refractivity contribution in [3.63, 3.8) is 0 Å². The van der Waals surface area contributed by atoms with Crippen molar-refractivity contribution in [2.75, 3.05) is 5.43 Å². The zero-order chi connectivity index (χ0) is 14.5. The van der Waals surface area contributed by atoms with Crippen molar-refractivity contribution in [2.24, 2.45) is 5.10 Å². The molecular weight excluding hydrogens is 301 g/mol. The van der Waals surface area contributed by atoms with Crippen LogP contribution in [0.4, 0.5) is 11.4 Å². The first-order valence-electron chi connectivity index (χ1n) is 5.55. The van der Waals surface area contributed by atoms with E-state index in [-0.39, 0.29) is 5.69 Å². The second kappa shape index (κ2) is 6.36. The zero-order valence-corrected chi connectivity index (χ0v) is 11.6. The number of nitro groups is 1. The molecule has 0 aliphatic carbocycles. The van der Waals surface area contributed by atoms with Gasteiger partial charge in [-0.05, 0) is 29.8 Å². The summed E-state index contributed by atoms with van der Waals surface area (Å²) in [6.45, 7) is 0. The molecule has 0 bridgehead atoms. The van der Waals surface area contributed by atoms with Crippen molar-refractivity contribution in [2.45, 2.75) is 0 Å². The lowest BCUT2D eigenvalue weighted by atomic mass is 10.2. The minimum absolute atomic E-state index is 0.0352. The van der Waals surface area contributed by atoms with Gasteiger partial charge in [0.1, 0.15) is 0 Å². The number of rotatable bonds is 4. The van der Waals surface area contributed by atoms with Crippen LogP contribution in [0.5, 0.6) is 0 Å². The van der Waals surface area contributed by atoms with Crippen LogP contribution in [0.15, 0.2) is 47.6 Å². The van der Waals surface area contributed by atoms with Gasteiger partial charge in [-0.3, -0.25) is 15.5 Å². The van der Waals surface area contributed by atoms with Gasteiger partial charge in [0.05, 0.1) is 26.9 Å². The summed E-state index contributed by atoms with van der Waals surface area (Å²) in [5.41, 5.74) is 4.10. The minimum Gasteiger partial charge on any atom is -0.277 e. The minimum atomic E-state index is -0.453. The predicted molar refractivity (Wildman–Crippen MR) is 80.8 cm³/mol. The fraction of sp³-hybridized carbons (Fsp3) is 0. The second-order valence-corrected chi connectivity index (χ2v) is 4.61. The van der Waals surface area contributed by atoms with Gasteiger partial charge in [-0.15, -0.1) is 0 Å². The fourth-order valence-electron chi connectivity index (χ4n) is 1.45. The summed E-state index contributed by atoms with van der Waals surface area (Å²) in [6, 6.07) is 11.2. The van der Waals surface area contributed by atoms with Crippen molar-refractivity contribution < 1.29 is 4.92 Å². The summed E-state index contributed by atoms with van der Waals surface area (Å²) >= 11 is 11.9. The van der Waals surface area contributed by atoms with Crippen LogP contribution in [-0.2, 0) is 0 Å². The average molecular weight is 310 g/mol. The lowest BCUT2D eigenvalue weighted by Crippen LogP contribution is -1.92. The van der Waals surface area contributed by atoms with Crippen LogP contribution in [0.25, 0.3) is 0 Å². The molecule has 0 unspecified atom stereocenters. The molecule has 0 aliphatic heterocycles. The smallest absolute Gasteiger partial charge is 0.269 e. The molecule has 0 amide bonds. The van der Waals surface area contributed by atoms with Crippen LogP contribution in [0.2, 0.25) is 10.0 Å². The molecule has 7 heteroatoms. The molecule has 102 valence electrons. The Morgan fingerprint density at radius 3 is 2.50 bits per heavy atom. The Labute approximate surface area is 125 Å². The molecule has 0 aliphatic rings. The highest BCUT2D eigenvalue weighted by molar-refractivity contribution is 6.43. The number of nitrogens with zero attached hydrogens (tertiary/aromatic N) is 2. The predicted octanol–water partition coefficient (Wildman–Crippen LogP) is 4.35. The Bertz CT molecular complexity index is 657. The Kier molecular flexibility index (Phi) is 4.55. The van der Waals surface area contributed by atoms with Crippen molar-refractivity contribution >= 4 is 40.8 Å². The SMILES string of the molecule is O=[N+]([O-])c1ccc(C=NNc2cccc(Cl)c2Cl)cc1. The molecule has 0 atom stereocenters. The monoisotopic (exact) mass is 309 g/mol. The van der Waals surface area contributed by atoms with E-state index >= 15 is 0 Å². The van der Waals surface area contributed by atoms with E-state index in [0.717, 1.165) is 5.56 Å². The number of nitro benzene ring substituents is 1. The van der Waals surface area contributed by atoms with Gasteiger partial charge in [0, 0.05) is 12.1 Å². The number of anilines is 1. The van der Waals surface area contributed by atoms with Crippen molar-refractivity contribution in [1.82, 2.24) is 0 Å². The Hall–Kier alpha value is -2.11. The number of nitrogens with one attached hydrogen (secondary N) is 1. The number of hydrazone groups is 1. The Balaban J connectivity index is 2.06. The maximum Gasteiger partial charge on any atom is 0.269 e. The lowest BCUT2D eigenvalue weighted by Gasteiger charge is -2.03. The van der Waals surface area contributed by atoms with Gasteiger partial charge in [-0.1, -0.05) is 29.3 Å². The number of benzene rings is 2. The average Bonchev–Trinajstić information content (AvgIpc) is 2.44. The third-order valence-corrected chi connectivity index (χ3v) is 3.27. The molecule has 0 aromatic heterocycles. The van der Waals surface area contributed by atoms with E-state index in [9.17, 15) is 10.1 Å². The van der Waals surface area contributed by atoms with Gasteiger partial charge < -0.3 is 0 Å². The largest absolute Gasteiger partial charge is 0.277 e. The van der Waals surface area contributed by atoms with E-state index in [1.807, 2.05) is 0 Å². The number of hydrogen-bond acceptors (Lipinski definition) is 4. The topological polar surface area (TPSA) is 67.5 Å². The van der Waals surface area contributed by atoms with Crippen LogP contribution in [0, 0.1) is 10.1 Å². The third-order valence-electron chi connectivity index (χ3n) is 2.45. The Morgan fingerprint density at radius 2 is 1.85 bits per heavy atom. The molecule has 20 heavy (non-hydrogen) atoms. The maximum atomic E-state index is 10.5. The fourth-order valence-corrected chi connectivity index (χ4v) is 1.79. The zero-order valence-electron chi connectivity index (χ0n) is 10.1. The molecule has 1 N–H and O–H groups in total. The third kappa shape index (κ3) is 3.46. The summed E-state index contributed by atoms with van der Waals surface area (Å²) in [6.07, 6.45) is 1.53. The normalized spacial score (nSPS) is 10.7. The Morgan fingerprint density at radius 1 is 1.15 bits per heavy atom. The van der Waals surface area contributed by atoms with E-state index in [4.69, 9.17) is 23.2 Å². The van der Waals surface area contributed by atoms with Gasteiger partial charge >= 0.3 is 0 Å². The highest BCUT2D eigenvalue weighted by atomic mass is 35.5. The van der Waals surface area contributed by atoms with E-state index in [0.29, 0.717) is 15.7 Å². The summed E-state index contributed by atoms with van der Waals surface area (Å²) in [5, 5.41) is 15.3. The van der Waals surface area contributed by atoms with E-state index in [1.165, 1.54) is 18.3 Å². The van der Waals surface area contributed by atoms with Gasteiger partial charge in [-0.2, -0.15) is 5.10 Å². The summed E-state index contributed by atoms with van der Waals surface area (Å²) in [4.78, 5) is 10.1.